The van der Waals surface area contributed by atoms with Crippen LogP contribution >= 0.6 is 11.6 Å². The number of fused-ring (bicyclic) bond motifs is 1. The Hall–Kier alpha value is -3.90. The maximum absolute atomic E-state index is 13.6. The van der Waals surface area contributed by atoms with Crippen LogP contribution < -0.4 is 4.90 Å². The fraction of sp³-hybridized carbons (Fsp3) is 0.258. The third kappa shape index (κ3) is 5.22. The van der Waals surface area contributed by atoms with E-state index in [0.717, 1.165) is 27.6 Å². The van der Waals surface area contributed by atoms with Crippen molar-refractivity contribution in [1.29, 1.82) is 0 Å². The van der Waals surface area contributed by atoms with Crippen molar-refractivity contribution in [3.05, 3.63) is 101 Å². The van der Waals surface area contributed by atoms with Gasteiger partial charge in [0, 0.05) is 28.7 Å². The number of H-pyrrole nitrogens is 1. The molecule has 6 nitrogen and oxygen atoms in total. The van der Waals surface area contributed by atoms with Gasteiger partial charge in [0.2, 0.25) is 11.8 Å². The van der Waals surface area contributed by atoms with E-state index in [0.29, 0.717) is 29.6 Å². The van der Waals surface area contributed by atoms with Crippen molar-refractivity contribution in [2.24, 2.45) is 0 Å². The number of carbonyl (C=O) groups is 3. The second kappa shape index (κ2) is 10.8. The summed E-state index contributed by atoms with van der Waals surface area (Å²) >= 11 is 6.02. The molecule has 1 aromatic heterocycles. The van der Waals surface area contributed by atoms with Crippen LogP contribution in [0, 0.1) is 0 Å². The van der Waals surface area contributed by atoms with Crippen molar-refractivity contribution in [2.45, 2.75) is 45.1 Å². The highest BCUT2D eigenvalue weighted by Crippen LogP contribution is 2.28. The van der Waals surface area contributed by atoms with Gasteiger partial charge in [0.05, 0.1) is 18.5 Å². The minimum Gasteiger partial charge on any atom is -0.361 e. The van der Waals surface area contributed by atoms with Crippen LogP contribution in [0.5, 0.6) is 0 Å². The number of imide groups is 1. The molecule has 1 aliphatic heterocycles. The fourth-order valence-corrected chi connectivity index (χ4v) is 5.18. The second-order valence-electron chi connectivity index (χ2n) is 10.0. The van der Waals surface area contributed by atoms with Crippen LogP contribution in [0.4, 0.5) is 5.69 Å². The van der Waals surface area contributed by atoms with Gasteiger partial charge >= 0.3 is 0 Å². The van der Waals surface area contributed by atoms with Crippen LogP contribution in [0.3, 0.4) is 0 Å². The first-order chi connectivity index (χ1) is 18.3. The van der Waals surface area contributed by atoms with Crippen molar-refractivity contribution < 1.29 is 14.4 Å². The standard InChI is InChI=1S/C31H30ClN3O3/c1-20(2)22-9-13-25(14-10-22)35-30(37)18-28(31(35)38)34(29(36)17-21-7-11-24(32)12-8-21)16-15-23-19-33-27-6-4-3-5-26(23)27/h3-14,19-20,28,33H,15-18H2,1-2H3. The molecule has 1 saturated heterocycles. The summed E-state index contributed by atoms with van der Waals surface area (Å²) in [5.41, 5.74) is 4.54. The number of anilines is 1. The molecule has 1 unspecified atom stereocenters. The Morgan fingerprint density at radius 3 is 2.45 bits per heavy atom. The van der Waals surface area contributed by atoms with Gasteiger partial charge in [0.1, 0.15) is 6.04 Å². The number of para-hydroxylation sites is 1. The summed E-state index contributed by atoms with van der Waals surface area (Å²) in [7, 11) is 0. The molecule has 3 aromatic carbocycles. The van der Waals surface area contributed by atoms with E-state index in [2.05, 4.69) is 18.8 Å². The van der Waals surface area contributed by atoms with E-state index < -0.39 is 6.04 Å². The number of benzene rings is 3. The van der Waals surface area contributed by atoms with E-state index in [1.807, 2.05) is 54.7 Å². The third-order valence-corrected chi connectivity index (χ3v) is 7.45. The van der Waals surface area contributed by atoms with Crippen molar-refractivity contribution in [3.8, 4) is 0 Å². The molecule has 0 radical (unpaired) electrons. The fourth-order valence-electron chi connectivity index (χ4n) is 5.05. The van der Waals surface area contributed by atoms with E-state index >= 15 is 0 Å². The van der Waals surface area contributed by atoms with Crippen LogP contribution in [0.1, 0.15) is 42.9 Å². The molecular weight excluding hydrogens is 498 g/mol. The highest BCUT2D eigenvalue weighted by atomic mass is 35.5. The summed E-state index contributed by atoms with van der Waals surface area (Å²) in [6.45, 7) is 4.50. The van der Waals surface area contributed by atoms with Crippen LogP contribution in [0.2, 0.25) is 5.02 Å². The molecule has 1 N–H and O–H groups in total. The summed E-state index contributed by atoms with van der Waals surface area (Å²) in [5, 5.41) is 1.67. The molecule has 5 rings (SSSR count). The van der Waals surface area contributed by atoms with E-state index in [1.165, 1.54) is 4.90 Å². The first-order valence-electron chi connectivity index (χ1n) is 12.9. The quantitative estimate of drug-likeness (QED) is 0.290. The van der Waals surface area contributed by atoms with E-state index in [9.17, 15) is 14.4 Å². The number of hydrogen-bond acceptors (Lipinski definition) is 3. The van der Waals surface area contributed by atoms with Crippen molar-refractivity contribution >= 4 is 45.9 Å². The average molecular weight is 528 g/mol. The topological polar surface area (TPSA) is 73.5 Å². The molecule has 1 atom stereocenters. The predicted octanol–water partition coefficient (Wildman–Crippen LogP) is 5.89. The number of aromatic nitrogens is 1. The highest BCUT2D eigenvalue weighted by Gasteiger charge is 2.44. The summed E-state index contributed by atoms with van der Waals surface area (Å²) in [5.74, 6) is -0.521. The lowest BCUT2D eigenvalue weighted by Gasteiger charge is -2.28. The molecule has 0 aliphatic carbocycles. The third-order valence-electron chi connectivity index (χ3n) is 7.20. The van der Waals surface area contributed by atoms with Gasteiger partial charge in [-0.15, -0.1) is 0 Å². The number of hydrogen-bond donors (Lipinski definition) is 1. The number of aromatic amines is 1. The lowest BCUT2D eigenvalue weighted by atomic mass is 10.0. The Kier molecular flexibility index (Phi) is 7.34. The molecular formula is C31H30ClN3O3. The van der Waals surface area contributed by atoms with Crippen molar-refractivity contribution in [2.75, 3.05) is 11.4 Å². The van der Waals surface area contributed by atoms with Gasteiger partial charge in [-0.05, 0) is 59.4 Å². The van der Waals surface area contributed by atoms with Crippen LogP contribution in [0.15, 0.2) is 79.0 Å². The van der Waals surface area contributed by atoms with Crippen molar-refractivity contribution in [3.63, 3.8) is 0 Å². The molecule has 1 aliphatic rings. The molecule has 0 saturated carbocycles. The first kappa shape index (κ1) is 25.7. The smallest absolute Gasteiger partial charge is 0.257 e. The maximum atomic E-state index is 13.6. The van der Waals surface area contributed by atoms with Crippen LogP contribution in [0.25, 0.3) is 10.9 Å². The number of rotatable bonds is 8. The van der Waals surface area contributed by atoms with Gasteiger partial charge in [-0.25, -0.2) is 4.90 Å². The molecule has 38 heavy (non-hydrogen) atoms. The molecule has 1 fully saturated rings. The lowest BCUT2D eigenvalue weighted by Crippen LogP contribution is -2.47. The zero-order chi connectivity index (χ0) is 26.8. The number of nitrogens with one attached hydrogen (secondary N) is 1. The normalized spacial score (nSPS) is 15.6. The number of amides is 3. The summed E-state index contributed by atoms with van der Waals surface area (Å²) in [6, 6.07) is 21.7. The summed E-state index contributed by atoms with van der Waals surface area (Å²) in [4.78, 5) is 46.4. The molecule has 194 valence electrons. The monoisotopic (exact) mass is 527 g/mol. The SMILES string of the molecule is CC(C)c1ccc(N2C(=O)CC(N(CCc3c[nH]c4ccccc34)C(=O)Cc3ccc(Cl)cc3)C2=O)cc1. The molecule has 7 heteroatoms. The Morgan fingerprint density at radius 1 is 1.03 bits per heavy atom. The van der Waals surface area contributed by atoms with Gasteiger partial charge in [0.25, 0.3) is 5.91 Å². The molecule has 2 heterocycles. The van der Waals surface area contributed by atoms with E-state index in [1.54, 1.807) is 29.2 Å². The maximum Gasteiger partial charge on any atom is 0.257 e. The van der Waals surface area contributed by atoms with Gasteiger partial charge in [-0.2, -0.15) is 0 Å². The zero-order valence-electron chi connectivity index (χ0n) is 21.5. The second-order valence-corrected chi connectivity index (χ2v) is 10.5. The van der Waals surface area contributed by atoms with Gasteiger partial charge in [0.15, 0.2) is 0 Å². The average Bonchev–Trinajstić information content (AvgIpc) is 3.45. The van der Waals surface area contributed by atoms with Crippen LogP contribution in [-0.2, 0) is 27.2 Å². The zero-order valence-corrected chi connectivity index (χ0v) is 22.2. The molecule has 4 aromatic rings. The van der Waals surface area contributed by atoms with E-state index in [-0.39, 0.29) is 30.6 Å². The van der Waals surface area contributed by atoms with E-state index in [4.69, 9.17) is 11.6 Å². The molecule has 0 bridgehead atoms. The predicted molar refractivity (Wildman–Crippen MR) is 150 cm³/mol. The minimum absolute atomic E-state index is 0.0367. The largest absolute Gasteiger partial charge is 0.361 e. The van der Waals surface area contributed by atoms with Gasteiger partial charge < -0.3 is 9.88 Å². The van der Waals surface area contributed by atoms with Crippen molar-refractivity contribution in [1.82, 2.24) is 9.88 Å². The molecule has 3 amide bonds. The Balaban J connectivity index is 1.41. The highest BCUT2D eigenvalue weighted by molar-refractivity contribution is 6.30. The number of nitrogens with zero attached hydrogens (tertiary/aromatic N) is 2. The lowest BCUT2D eigenvalue weighted by molar-refractivity contribution is -0.137. The molecule has 0 spiro atoms. The minimum atomic E-state index is -0.850. The summed E-state index contributed by atoms with van der Waals surface area (Å²) < 4.78 is 0. The summed E-state index contributed by atoms with van der Waals surface area (Å²) in [6.07, 6.45) is 2.57. The Labute approximate surface area is 227 Å². The number of halogens is 1. The number of carbonyl (C=O) groups excluding carboxylic acids is 3. The Bertz CT molecular complexity index is 1470. The van der Waals surface area contributed by atoms with Gasteiger partial charge in [-0.3, -0.25) is 14.4 Å². The Morgan fingerprint density at radius 2 is 1.74 bits per heavy atom. The van der Waals surface area contributed by atoms with Gasteiger partial charge in [-0.1, -0.05) is 67.9 Å². The van der Waals surface area contributed by atoms with Crippen LogP contribution in [-0.4, -0.2) is 40.2 Å². The first-order valence-corrected chi connectivity index (χ1v) is 13.3.